The van der Waals surface area contributed by atoms with Crippen LogP contribution in [0.25, 0.3) is 11.2 Å². The van der Waals surface area contributed by atoms with Crippen molar-refractivity contribution in [3.63, 3.8) is 0 Å². The maximum Gasteiger partial charge on any atom is 0.224 e. The van der Waals surface area contributed by atoms with E-state index in [1.807, 2.05) is 0 Å². The van der Waals surface area contributed by atoms with E-state index in [0.29, 0.717) is 42.1 Å². The molecule has 2 aliphatic rings. The Bertz CT molecular complexity index is 1320. The fraction of sp³-hybridized carbons (Fsp3) is 0.476. The van der Waals surface area contributed by atoms with Gasteiger partial charge in [-0.3, -0.25) is 4.57 Å². The number of fused-ring (bicyclic) bond motifs is 1. The number of aromatic nitrogens is 4. The molecule has 182 valence electrons. The average Bonchev–Trinajstić information content (AvgIpc) is 3.30. The van der Waals surface area contributed by atoms with E-state index in [0.717, 1.165) is 12.8 Å². The molecule has 0 unspecified atom stereocenters. The lowest BCUT2D eigenvalue weighted by molar-refractivity contribution is 0.126. The standard InChI is InChI=1S/C21H23F3N6O3S/c22-11-7-15(23)18(16(24)8-11)28-21-27-17-9-25-20(26-12-1-3-14(31)4-2-12)29-19(17)30(21)13-5-6-34(32,33)10-13/h7-9,12-14,31H,1-6,10H2,(H,27,28)(H,25,26,29)/t12-,13-,14-/m1/s1. The molecule has 0 radical (unpaired) electrons. The van der Waals surface area contributed by atoms with Crippen LogP contribution in [0.5, 0.6) is 0 Å². The lowest BCUT2D eigenvalue weighted by Crippen LogP contribution is -2.29. The molecule has 9 nitrogen and oxygen atoms in total. The maximum atomic E-state index is 14.3. The largest absolute Gasteiger partial charge is 0.393 e. The zero-order valence-electron chi connectivity index (χ0n) is 18.0. The molecule has 0 amide bonds. The summed E-state index contributed by atoms with van der Waals surface area (Å²) in [6.45, 7) is 0. The van der Waals surface area contributed by atoms with Crippen LogP contribution >= 0.6 is 0 Å². The summed E-state index contributed by atoms with van der Waals surface area (Å²) in [6.07, 6.45) is 4.25. The fourth-order valence-electron chi connectivity index (χ4n) is 4.55. The molecule has 0 spiro atoms. The first-order valence-electron chi connectivity index (χ1n) is 11.0. The minimum atomic E-state index is -3.30. The zero-order chi connectivity index (χ0) is 24.0. The van der Waals surface area contributed by atoms with Gasteiger partial charge in [-0.15, -0.1) is 0 Å². The first-order chi connectivity index (χ1) is 16.2. The molecule has 1 aromatic carbocycles. The molecular formula is C21H23F3N6O3S. The molecule has 2 fully saturated rings. The van der Waals surface area contributed by atoms with Gasteiger partial charge in [0.25, 0.3) is 0 Å². The van der Waals surface area contributed by atoms with Crippen LogP contribution in [0.15, 0.2) is 18.3 Å². The third-order valence-corrected chi connectivity index (χ3v) is 8.03. The Labute approximate surface area is 193 Å². The Hall–Kier alpha value is -2.93. The highest BCUT2D eigenvalue weighted by atomic mass is 32.2. The number of anilines is 3. The summed E-state index contributed by atoms with van der Waals surface area (Å²) >= 11 is 0. The maximum absolute atomic E-state index is 14.3. The Kier molecular flexibility index (Phi) is 5.84. The van der Waals surface area contributed by atoms with Crippen molar-refractivity contribution < 1.29 is 26.7 Å². The number of aliphatic hydroxyl groups is 1. The fourth-order valence-corrected chi connectivity index (χ4v) is 6.25. The third kappa shape index (κ3) is 4.53. The van der Waals surface area contributed by atoms with Crippen molar-refractivity contribution in [2.45, 2.75) is 50.3 Å². The third-order valence-electron chi connectivity index (χ3n) is 6.28. The number of benzene rings is 1. The second-order valence-electron chi connectivity index (χ2n) is 8.78. The van der Waals surface area contributed by atoms with Gasteiger partial charge in [-0.05, 0) is 32.1 Å². The van der Waals surface area contributed by atoms with Crippen molar-refractivity contribution in [2.24, 2.45) is 0 Å². The quantitative estimate of drug-likeness (QED) is 0.493. The van der Waals surface area contributed by atoms with Gasteiger partial charge in [-0.1, -0.05) is 0 Å². The molecule has 34 heavy (non-hydrogen) atoms. The van der Waals surface area contributed by atoms with Crippen LogP contribution in [0.2, 0.25) is 0 Å². The number of sulfone groups is 1. The molecule has 1 aliphatic carbocycles. The number of imidazole rings is 1. The molecule has 5 rings (SSSR count). The number of aliphatic hydroxyl groups excluding tert-OH is 1. The molecule has 1 atom stereocenters. The second kappa shape index (κ2) is 8.69. The first kappa shape index (κ1) is 22.8. The van der Waals surface area contributed by atoms with Crippen molar-refractivity contribution >= 4 is 38.6 Å². The Morgan fingerprint density at radius 1 is 1.03 bits per heavy atom. The number of hydrogen-bond acceptors (Lipinski definition) is 8. The molecule has 0 bridgehead atoms. The van der Waals surface area contributed by atoms with E-state index < -0.39 is 39.0 Å². The second-order valence-corrected chi connectivity index (χ2v) is 11.0. The Balaban J connectivity index is 1.54. The van der Waals surface area contributed by atoms with Crippen LogP contribution in [-0.4, -0.2) is 56.7 Å². The van der Waals surface area contributed by atoms with Crippen LogP contribution in [0, 0.1) is 17.5 Å². The summed E-state index contributed by atoms with van der Waals surface area (Å²) in [5, 5.41) is 15.5. The summed E-state index contributed by atoms with van der Waals surface area (Å²) in [5.74, 6) is -3.28. The molecule has 13 heteroatoms. The van der Waals surface area contributed by atoms with Crippen molar-refractivity contribution in [3.8, 4) is 0 Å². The Morgan fingerprint density at radius 3 is 2.38 bits per heavy atom. The highest BCUT2D eigenvalue weighted by Crippen LogP contribution is 2.34. The molecule has 3 heterocycles. The molecular weight excluding hydrogens is 473 g/mol. The van der Waals surface area contributed by atoms with E-state index in [4.69, 9.17) is 0 Å². The number of hydrogen-bond donors (Lipinski definition) is 3. The molecule has 1 saturated carbocycles. The van der Waals surface area contributed by atoms with Crippen LogP contribution < -0.4 is 10.6 Å². The predicted molar refractivity (Wildman–Crippen MR) is 119 cm³/mol. The van der Waals surface area contributed by atoms with Crippen LogP contribution in [0.3, 0.4) is 0 Å². The van der Waals surface area contributed by atoms with E-state index in [1.54, 1.807) is 0 Å². The van der Waals surface area contributed by atoms with E-state index in [-0.39, 0.29) is 36.0 Å². The first-order valence-corrected chi connectivity index (χ1v) is 12.8. The number of nitrogens with zero attached hydrogens (tertiary/aromatic N) is 4. The van der Waals surface area contributed by atoms with Gasteiger partial charge in [-0.25, -0.2) is 31.6 Å². The zero-order valence-corrected chi connectivity index (χ0v) is 18.8. The average molecular weight is 497 g/mol. The van der Waals surface area contributed by atoms with Gasteiger partial charge in [0.2, 0.25) is 11.9 Å². The van der Waals surface area contributed by atoms with Gasteiger partial charge in [0.1, 0.15) is 17.0 Å². The van der Waals surface area contributed by atoms with Crippen molar-refractivity contribution in [3.05, 3.63) is 35.8 Å². The van der Waals surface area contributed by atoms with Crippen molar-refractivity contribution in [1.29, 1.82) is 0 Å². The van der Waals surface area contributed by atoms with Crippen molar-refractivity contribution in [2.75, 3.05) is 22.1 Å². The van der Waals surface area contributed by atoms with E-state index in [2.05, 4.69) is 25.6 Å². The van der Waals surface area contributed by atoms with E-state index >= 15 is 0 Å². The Morgan fingerprint density at radius 2 is 1.74 bits per heavy atom. The smallest absolute Gasteiger partial charge is 0.224 e. The van der Waals surface area contributed by atoms with Gasteiger partial charge in [0, 0.05) is 18.2 Å². The van der Waals surface area contributed by atoms with Crippen LogP contribution in [-0.2, 0) is 9.84 Å². The molecule has 2 aromatic heterocycles. The van der Waals surface area contributed by atoms with Gasteiger partial charge in [0.05, 0.1) is 29.8 Å². The predicted octanol–water partition coefficient (Wildman–Crippen LogP) is 3.06. The summed E-state index contributed by atoms with van der Waals surface area (Å²) in [5.41, 5.74) is 0.00564. The van der Waals surface area contributed by atoms with Crippen molar-refractivity contribution in [1.82, 2.24) is 19.5 Å². The molecule has 1 saturated heterocycles. The monoisotopic (exact) mass is 496 g/mol. The van der Waals surface area contributed by atoms with Gasteiger partial charge in [0.15, 0.2) is 27.1 Å². The number of nitrogens with one attached hydrogen (secondary N) is 2. The van der Waals surface area contributed by atoms with Gasteiger partial charge < -0.3 is 15.7 Å². The molecule has 3 aromatic rings. The molecule has 3 N–H and O–H groups in total. The number of halogens is 3. The van der Waals surface area contributed by atoms with E-state index in [1.165, 1.54) is 10.8 Å². The topological polar surface area (TPSA) is 122 Å². The lowest BCUT2D eigenvalue weighted by Gasteiger charge is -2.26. The summed E-state index contributed by atoms with van der Waals surface area (Å²) in [6, 6.07) is 0.601. The SMILES string of the molecule is O=S1(=O)CC[C@@H](n2c(Nc3c(F)cc(F)cc3F)nc3cnc(N[C@H]4CC[C@H](O)CC4)nc32)C1. The van der Waals surface area contributed by atoms with Crippen LogP contribution in [0.4, 0.5) is 30.8 Å². The highest BCUT2D eigenvalue weighted by molar-refractivity contribution is 7.91. The highest BCUT2D eigenvalue weighted by Gasteiger charge is 2.33. The van der Waals surface area contributed by atoms with Gasteiger partial charge >= 0.3 is 0 Å². The lowest BCUT2D eigenvalue weighted by atomic mass is 9.93. The van der Waals surface area contributed by atoms with Gasteiger partial charge in [-0.2, -0.15) is 4.98 Å². The number of rotatable bonds is 5. The minimum absolute atomic E-state index is 0.0197. The summed E-state index contributed by atoms with van der Waals surface area (Å²) in [7, 11) is -3.30. The molecule has 1 aliphatic heterocycles. The summed E-state index contributed by atoms with van der Waals surface area (Å²) < 4.78 is 67.8. The summed E-state index contributed by atoms with van der Waals surface area (Å²) in [4.78, 5) is 13.2. The normalized spacial score (nSPS) is 24.4. The minimum Gasteiger partial charge on any atom is -0.393 e. The van der Waals surface area contributed by atoms with Crippen LogP contribution in [0.1, 0.15) is 38.1 Å². The van der Waals surface area contributed by atoms with E-state index in [9.17, 15) is 26.7 Å².